The minimum Gasteiger partial charge on any atom is -0.447 e. The molecule has 0 aromatic heterocycles. The van der Waals surface area contributed by atoms with E-state index >= 15 is 0 Å². The fourth-order valence-corrected chi connectivity index (χ4v) is 5.50. The number of benzene rings is 1. The van der Waals surface area contributed by atoms with Crippen LogP contribution in [-0.4, -0.2) is 72.2 Å². The Labute approximate surface area is 175 Å². The summed E-state index contributed by atoms with van der Waals surface area (Å²) in [4.78, 5) is 28.9. The highest BCUT2D eigenvalue weighted by Crippen LogP contribution is 2.32. The average Bonchev–Trinajstić information content (AvgIpc) is 3.36. The van der Waals surface area contributed by atoms with Crippen molar-refractivity contribution in [2.75, 3.05) is 31.6 Å². The van der Waals surface area contributed by atoms with Crippen molar-refractivity contribution in [1.82, 2.24) is 15.1 Å². The van der Waals surface area contributed by atoms with E-state index in [9.17, 15) is 14.0 Å². The van der Waals surface area contributed by atoms with Crippen LogP contribution >= 0.6 is 0 Å². The van der Waals surface area contributed by atoms with Crippen molar-refractivity contribution in [2.45, 2.75) is 63.2 Å². The van der Waals surface area contributed by atoms with Gasteiger partial charge in [-0.25, -0.2) is 9.18 Å². The average molecular weight is 416 g/mol. The van der Waals surface area contributed by atoms with E-state index in [1.807, 2.05) is 11.8 Å². The van der Waals surface area contributed by atoms with E-state index in [0.717, 1.165) is 50.0 Å². The Kier molecular flexibility index (Phi) is 5.05. The van der Waals surface area contributed by atoms with Crippen LogP contribution in [0.2, 0.25) is 0 Å². The number of anilines is 1. The van der Waals surface area contributed by atoms with E-state index in [1.165, 1.54) is 6.07 Å². The molecule has 2 unspecified atom stereocenters. The first-order valence-electron chi connectivity index (χ1n) is 11.0. The predicted molar refractivity (Wildman–Crippen MR) is 110 cm³/mol. The van der Waals surface area contributed by atoms with Crippen LogP contribution in [0.1, 0.15) is 36.8 Å². The molecule has 30 heavy (non-hydrogen) atoms. The van der Waals surface area contributed by atoms with Gasteiger partial charge in [0.15, 0.2) is 0 Å². The number of halogens is 1. The van der Waals surface area contributed by atoms with Crippen molar-refractivity contribution < 1.29 is 18.7 Å². The van der Waals surface area contributed by atoms with Crippen LogP contribution in [0.25, 0.3) is 0 Å². The van der Waals surface area contributed by atoms with Gasteiger partial charge in [0.25, 0.3) is 0 Å². The highest BCUT2D eigenvalue weighted by Gasteiger charge is 2.40. The monoisotopic (exact) mass is 416 g/mol. The standard InChI is InChI=1S/C22H29FN4O3/c1-13-5-6-18(23)17-10-19(25-20(13)17)21(28)24-14-3-2-4-15(9-14)26-7-8-27-16(11-26)12-30-22(27)29/h5-6,14-16,19,25H,2-4,7-12H2,1H3,(H,24,28)/t14-,15+,16?,19?/m1/s1. The summed E-state index contributed by atoms with van der Waals surface area (Å²) in [5, 5.41) is 6.44. The van der Waals surface area contributed by atoms with Crippen LogP contribution in [0.3, 0.4) is 0 Å². The normalized spacial score (nSPS) is 31.0. The number of rotatable bonds is 3. The van der Waals surface area contributed by atoms with Gasteiger partial charge in [-0.1, -0.05) is 6.07 Å². The van der Waals surface area contributed by atoms with Gasteiger partial charge >= 0.3 is 6.09 Å². The number of nitrogens with one attached hydrogen (secondary N) is 2. The van der Waals surface area contributed by atoms with E-state index in [4.69, 9.17) is 4.74 Å². The first kappa shape index (κ1) is 19.6. The van der Waals surface area contributed by atoms with Crippen LogP contribution in [0, 0.1) is 12.7 Å². The lowest BCUT2D eigenvalue weighted by Gasteiger charge is -2.43. The molecule has 162 valence electrons. The lowest BCUT2D eigenvalue weighted by molar-refractivity contribution is -0.122. The third-order valence-corrected chi connectivity index (χ3v) is 7.16. The van der Waals surface area contributed by atoms with Crippen LogP contribution in [0.15, 0.2) is 12.1 Å². The van der Waals surface area contributed by atoms with Crippen LogP contribution in [0.5, 0.6) is 0 Å². The summed E-state index contributed by atoms with van der Waals surface area (Å²) in [5.41, 5.74) is 2.35. The number of ether oxygens (including phenoxy) is 1. The Balaban J connectivity index is 1.17. The zero-order valence-electron chi connectivity index (χ0n) is 17.3. The second-order valence-electron chi connectivity index (χ2n) is 9.06. The SMILES string of the molecule is Cc1ccc(F)c2c1NC(C(=O)N[C@@H]1CCC[C@H](N3CCN4C(=O)OCC4C3)C1)C2. The molecule has 0 bridgehead atoms. The number of carbonyl (C=O) groups is 2. The molecule has 8 heteroatoms. The summed E-state index contributed by atoms with van der Waals surface area (Å²) in [6.45, 7) is 4.82. The Morgan fingerprint density at radius 2 is 2.13 bits per heavy atom. The summed E-state index contributed by atoms with van der Waals surface area (Å²) in [6.07, 6.45) is 4.28. The van der Waals surface area contributed by atoms with Gasteiger partial charge in [0.2, 0.25) is 5.91 Å². The van der Waals surface area contributed by atoms with Crippen LogP contribution in [-0.2, 0) is 16.0 Å². The minimum absolute atomic E-state index is 0.0461. The number of hydrogen-bond acceptors (Lipinski definition) is 5. The summed E-state index contributed by atoms with van der Waals surface area (Å²) in [6, 6.07) is 3.50. The maximum absolute atomic E-state index is 14.1. The Bertz CT molecular complexity index is 832. The van der Waals surface area contributed by atoms with Crippen LogP contribution < -0.4 is 10.6 Å². The molecular formula is C22H29FN4O3. The summed E-state index contributed by atoms with van der Waals surface area (Å²) >= 11 is 0. The second-order valence-corrected chi connectivity index (χ2v) is 9.06. The molecule has 2 amide bonds. The predicted octanol–water partition coefficient (Wildman–Crippen LogP) is 2.03. The van der Waals surface area contributed by atoms with Crippen molar-refractivity contribution in [3.05, 3.63) is 29.1 Å². The zero-order chi connectivity index (χ0) is 20.8. The molecule has 3 aliphatic heterocycles. The first-order chi connectivity index (χ1) is 14.5. The van der Waals surface area contributed by atoms with Gasteiger partial charge in [-0.15, -0.1) is 0 Å². The van der Waals surface area contributed by atoms with Crippen LogP contribution in [0.4, 0.5) is 14.9 Å². The third kappa shape index (κ3) is 3.51. The number of amides is 2. The van der Waals surface area contributed by atoms with Crippen molar-refractivity contribution in [2.24, 2.45) is 0 Å². The largest absolute Gasteiger partial charge is 0.447 e. The minimum atomic E-state index is -0.416. The summed E-state index contributed by atoms with van der Waals surface area (Å²) in [5.74, 6) is -0.292. The van der Waals surface area contributed by atoms with Gasteiger partial charge in [0, 0.05) is 49.4 Å². The molecule has 1 aliphatic carbocycles. The third-order valence-electron chi connectivity index (χ3n) is 7.16. The summed E-state index contributed by atoms with van der Waals surface area (Å²) in [7, 11) is 0. The molecule has 3 fully saturated rings. The Morgan fingerprint density at radius 3 is 2.97 bits per heavy atom. The molecule has 2 N–H and O–H groups in total. The van der Waals surface area contributed by atoms with E-state index in [2.05, 4.69) is 15.5 Å². The molecule has 1 aromatic carbocycles. The molecule has 0 spiro atoms. The van der Waals surface area contributed by atoms with Gasteiger partial charge in [0.05, 0.1) is 6.04 Å². The Morgan fingerprint density at radius 1 is 1.27 bits per heavy atom. The molecule has 3 heterocycles. The van der Waals surface area contributed by atoms with Crippen molar-refractivity contribution in [1.29, 1.82) is 0 Å². The number of carbonyl (C=O) groups excluding carboxylic acids is 2. The number of fused-ring (bicyclic) bond motifs is 2. The smallest absolute Gasteiger partial charge is 0.410 e. The van der Waals surface area contributed by atoms with Gasteiger partial charge < -0.3 is 15.4 Å². The highest BCUT2D eigenvalue weighted by atomic mass is 19.1. The first-order valence-corrected chi connectivity index (χ1v) is 11.0. The van der Waals surface area contributed by atoms with E-state index < -0.39 is 6.04 Å². The van der Waals surface area contributed by atoms with E-state index in [1.54, 1.807) is 6.07 Å². The van der Waals surface area contributed by atoms with Gasteiger partial charge in [-0.05, 0) is 44.2 Å². The Hall–Kier alpha value is -2.35. The molecule has 5 rings (SSSR count). The molecule has 7 nitrogen and oxygen atoms in total. The number of cyclic esters (lactones) is 1. The van der Waals surface area contributed by atoms with Gasteiger partial charge in [-0.2, -0.15) is 0 Å². The fourth-order valence-electron chi connectivity index (χ4n) is 5.50. The molecule has 0 radical (unpaired) electrons. The maximum Gasteiger partial charge on any atom is 0.410 e. The molecule has 4 atom stereocenters. The second kappa shape index (κ2) is 7.72. The number of hydrogen-bond donors (Lipinski definition) is 2. The summed E-state index contributed by atoms with van der Waals surface area (Å²) < 4.78 is 19.3. The number of piperazine rings is 1. The number of nitrogens with zero attached hydrogens (tertiary/aromatic N) is 2. The van der Waals surface area contributed by atoms with Crippen molar-refractivity contribution >= 4 is 17.7 Å². The van der Waals surface area contributed by atoms with E-state index in [0.29, 0.717) is 31.2 Å². The molecular weight excluding hydrogens is 387 g/mol. The molecule has 1 aromatic rings. The lowest BCUT2D eigenvalue weighted by Crippen LogP contribution is -2.57. The van der Waals surface area contributed by atoms with E-state index in [-0.39, 0.29) is 29.9 Å². The maximum atomic E-state index is 14.1. The molecule has 4 aliphatic rings. The van der Waals surface area contributed by atoms with Crippen molar-refractivity contribution in [3.8, 4) is 0 Å². The van der Waals surface area contributed by atoms with Gasteiger partial charge in [-0.3, -0.25) is 14.6 Å². The van der Waals surface area contributed by atoms with Gasteiger partial charge in [0.1, 0.15) is 18.5 Å². The lowest BCUT2D eigenvalue weighted by atomic mass is 9.89. The topological polar surface area (TPSA) is 73.9 Å². The fraction of sp³-hybridized carbons (Fsp3) is 0.636. The molecule has 1 saturated carbocycles. The zero-order valence-corrected chi connectivity index (χ0v) is 17.3. The highest BCUT2D eigenvalue weighted by molar-refractivity contribution is 5.88. The number of aryl methyl sites for hydroxylation is 1. The quantitative estimate of drug-likeness (QED) is 0.789. The van der Waals surface area contributed by atoms with Crippen molar-refractivity contribution in [3.63, 3.8) is 0 Å². The molecule has 2 saturated heterocycles.